The molecule has 0 saturated carbocycles. The van der Waals surface area contributed by atoms with Crippen molar-refractivity contribution >= 4 is 39.3 Å². The van der Waals surface area contributed by atoms with Gasteiger partial charge in [-0.15, -0.1) is 0 Å². The summed E-state index contributed by atoms with van der Waals surface area (Å²) in [4.78, 5) is 25.7. The number of benzene rings is 2. The highest BCUT2D eigenvalue weighted by atomic mass is 32.2. The summed E-state index contributed by atoms with van der Waals surface area (Å²) in [5, 5.41) is 2.68. The minimum atomic E-state index is -3.71. The van der Waals surface area contributed by atoms with E-state index in [-0.39, 0.29) is 18.3 Å². The van der Waals surface area contributed by atoms with Gasteiger partial charge in [-0.25, -0.2) is 12.8 Å². The van der Waals surface area contributed by atoms with Gasteiger partial charge in [0.15, 0.2) is 0 Å². The second kappa shape index (κ2) is 11.1. The number of amides is 2. The van der Waals surface area contributed by atoms with Crippen LogP contribution in [0, 0.1) is 5.82 Å². The molecule has 0 aliphatic heterocycles. The van der Waals surface area contributed by atoms with Crippen molar-refractivity contribution in [1.82, 2.24) is 10.2 Å². The van der Waals surface area contributed by atoms with Gasteiger partial charge in [-0.3, -0.25) is 13.9 Å². The number of thioether (sulfide) groups is 1. The number of nitrogens with zero attached hydrogens (tertiary/aromatic N) is 2. The summed E-state index contributed by atoms with van der Waals surface area (Å²) in [6, 6.07) is 12.5. The highest BCUT2D eigenvalue weighted by molar-refractivity contribution is 7.98. The van der Waals surface area contributed by atoms with Crippen LogP contribution in [0.15, 0.2) is 48.5 Å². The Morgan fingerprint density at radius 3 is 2.29 bits per heavy atom. The van der Waals surface area contributed by atoms with Gasteiger partial charge in [0.25, 0.3) is 5.91 Å². The molecule has 1 N–H and O–H groups in total. The van der Waals surface area contributed by atoms with E-state index in [9.17, 15) is 22.4 Å². The maximum atomic E-state index is 13.6. The minimum Gasteiger partial charge on any atom is -0.354 e. The number of sulfonamides is 1. The van der Waals surface area contributed by atoms with Crippen LogP contribution in [0.1, 0.15) is 15.9 Å². The average molecular weight is 468 g/mol. The van der Waals surface area contributed by atoms with Crippen LogP contribution in [-0.4, -0.2) is 64.3 Å². The zero-order chi connectivity index (χ0) is 23.0. The molecule has 0 bridgehead atoms. The van der Waals surface area contributed by atoms with Gasteiger partial charge in [-0.05, 0) is 35.9 Å². The van der Waals surface area contributed by atoms with Gasteiger partial charge in [0.2, 0.25) is 15.9 Å². The number of hydrogen-bond acceptors (Lipinski definition) is 5. The number of carbonyl (C=O) groups excluding carboxylic acids is 2. The van der Waals surface area contributed by atoms with Crippen molar-refractivity contribution in [3.63, 3.8) is 0 Å². The zero-order valence-electron chi connectivity index (χ0n) is 17.7. The van der Waals surface area contributed by atoms with E-state index in [1.165, 1.54) is 47.0 Å². The third-order valence-electron chi connectivity index (χ3n) is 4.28. The fraction of sp³-hybridized carbons (Fsp3) is 0.333. The Balaban J connectivity index is 1.90. The molecule has 2 aromatic carbocycles. The van der Waals surface area contributed by atoms with Gasteiger partial charge in [0, 0.05) is 37.7 Å². The third-order valence-corrected chi connectivity index (χ3v) is 6.43. The van der Waals surface area contributed by atoms with Crippen LogP contribution in [0.3, 0.4) is 0 Å². The van der Waals surface area contributed by atoms with Crippen molar-refractivity contribution < 1.29 is 22.4 Å². The van der Waals surface area contributed by atoms with Gasteiger partial charge in [0.05, 0.1) is 11.9 Å². The van der Waals surface area contributed by atoms with Crippen LogP contribution >= 0.6 is 11.8 Å². The van der Waals surface area contributed by atoms with Gasteiger partial charge < -0.3 is 10.2 Å². The maximum Gasteiger partial charge on any atom is 0.253 e. The predicted molar refractivity (Wildman–Crippen MR) is 122 cm³/mol. The van der Waals surface area contributed by atoms with E-state index < -0.39 is 15.9 Å². The first-order chi connectivity index (χ1) is 14.6. The molecule has 0 unspecified atom stereocenters. The second-order valence-electron chi connectivity index (χ2n) is 7.01. The Hall–Kier alpha value is -2.59. The molecule has 0 radical (unpaired) electrons. The zero-order valence-corrected chi connectivity index (χ0v) is 19.3. The number of hydrogen-bond donors (Lipinski definition) is 1. The fourth-order valence-electron chi connectivity index (χ4n) is 2.68. The van der Waals surface area contributed by atoms with Gasteiger partial charge in [0.1, 0.15) is 12.4 Å². The minimum absolute atomic E-state index is 0.205. The lowest BCUT2D eigenvalue weighted by Crippen LogP contribution is -2.41. The topological polar surface area (TPSA) is 86.8 Å². The number of halogens is 1. The molecule has 31 heavy (non-hydrogen) atoms. The molecule has 2 rings (SSSR count). The number of rotatable bonds is 10. The summed E-state index contributed by atoms with van der Waals surface area (Å²) in [6.45, 7) is -0.0520. The molecule has 7 nitrogen and oxygen atoms in total. The Labute approximate surface area is 186 Å². The Morgan fingerprint density at radius 2 is 1.71 bits per heavy atom. The summed E-state index contributed by atoms with van der Waals surface area (Å²) >= 11 is 1.47. The number of anilines is 1. The quantitative estimate of drug-likeness (QED) is 0.542. The van der Waals surface area contributed by atoms with E-state index >= 15 is 0 Å². The molecule has 0 saturated heterocycles. The van der Waals surface area contributed by atoms with Crippen LogP contribution in [0.5, 0.6) is 0 Å². The SMILES string of the molecule is CN(C)C(=O)c1ccc(N(CC(=O)NCCSCc2ccccc2F)S(C)(=O)=O)cc1. The van der Waals surface area contributed by atoms with Crippen molar-refractivity contribution in [3.05, 3.63) is 65.5 Å². The van der Waals surface area contributed by atoms with E-state index in [0.29, 0.717) is 34.9 Å². The molecule has 168 valence electrons. The van der Waals surface area contributed by atoms with E-state index in [1.54, 1.807) is 32.3 Å². The van der Waals surface area contributed by atoms with Gasteiger partial charge >= 0.3 is 0 Å². The second-order valence-corrected chi connectivity index (χ2v) is 10.0. The van der Waals surface area contributed by atoms with E-state index in [0.717, 1.165) is 10.6 Å². The van der Waals surface area contributed by atoms with Crippen LogP contribution < -0.4 is 9.62 Å². The van der Waals surface area contributed by atoms with Crippen LogP contribution in [-0.2, 0) is 20.6 Å². The molecule has 10 heteroatoms. The normalized spacial score (nSPS) is 11.1. The van der Waals surface area contributed by atoms with Crippen LogP contribution in [0.2, 0.25) is 0 Å². The molecular formula is C21H26FN3O4S2. The molecule has 0 spiro atoms. The third kappa shape index (κ3) is 7.55. The molecule has 0 fully saturated rings. The summed E-state index contributed by atoms with van der Waals surface area (Å²) < 4.78 is 39.0. The van der Waals surface area contributed by atoms with Gasteiger partial charge in [-0.1, -0.05) is 18.2 Å². The lowest BCUT2D eigenvalue weighted by Gasteiger charge is -2.22. The Kier molecular flexibility index (Phi) is 8.88. The van der Waals surface area contributed by atoms with Crippen LogP contribution in [0.25, 0.3) is 0 Å². The Bertz CT molecular complexity index is 1010. The highest BCUT2D eigenvalue weighted by Crippen LogP contribution is 2.19. The van der Waals surface area contributed by atoms with E-state index in [4.69, 9.17) is 0 Å². The van der Waals surface area contributed by atoms with E-state index in [1.807, 2.05) is 0 Å². The van der Waals surface area contributed by atoms with Crippen molar-refractivity contribution in [1.29, 1.82) is 0 Å². The average Bonchev–Trinajstić information content (AvgIpc) is 2.71. The van der Waals surface area contributed by atoms with Gasteiger partial charge in [-0.2, -0.15) is 11.8 Å². The molecule has 0 atom stereocenters. The highest BCUT2D eigenvalue weighted by Gasteiger charge is 2.21. The molecule has 2 aromatic rings. The predicted octanol–water partition coefficient (Wildman–Crippen LogP) is 2.34. The molecule has 0 aliphatic rings. The first-order valence-electron chi connectivity index (χ1n) is 9.47. The first kappa shape index (κ1) is 24.7. The van der Waals surface area contributed by atoms with Crippen molar-refractivity contribution in [2.45, 2.75) is 5.75 Å². The monoisotopic (exact) mass is 467 g/mol. The van der Waals surface area contributed by atoms with Crippen molar-refractivity contribution in [2.75, 3.05) is 43.5 Å². The van der Waals surface area contributed by atoms with Crippen molar-refractivity contribution in [2.24, 2.45) is 0 Å². The maximum absolute atomic E-state index is 13.6. The summed E-state index contributed by atoms with van der Waals surface area (Å²) in [5.41, 5.74) is 1.30. The molecule has 0 aromatic heterocycles. The number of carbonyl (C=O) groups is 2. The summed E-state index contributed by atoms with van der Waals surface area (Å²) in [6.07, 6.45) is 1.02. The summed E-state index contributed by atoms with van der Waals surface area (Å²) in [7, 11) is -0.462. The molecular weight excluding hydrogens is 441 g/mol. The van der Waals surface area contributed by atoms with Crippen molar-refractivity contribution in [3.8, 4) is 0 Å². The lowest BCUT2D eigenvalue weighted by molar-refractivity contribution is -0.119. The number of nitrogens with one attached hydrogen (secondary N) is 1. The standard InChI is InChI=1S/C21H26FN3O4S2/c1-24(2)21(27)16-8-10-18(11-9-16)25(31(3,28)29)14-20(26)23-12-13-30-15-17-6-4-5-7-19(17)22/h4-11H,12-15H2,1-3H3,(H,23,26). The summed E-state index contributed by atoms with van der Waals surface area (Å²) in [5.74, 6) is 0.116. The van der Waals surface area contributed by atoms with E-state index in [2.05, 4.69) is 5.32 Å². The largest absolute Gasteiger partial charge is 0.354 e. The molecule has 2 amide bonds. The lowest BCUT2D eigenvalue weighted by atomic mass is 10.2. The fourth-order valence-corrected chi connectivity index (χ4v) is 4.38. The molecule has 0 heterocycles. The smallest absolute Gasteiger partial charge is 0.253 e. The first-order valence-corrected chi connectivity index (χ1v) is 12.5. The Morgan fingerprint density at radius 1 is 1.06 bits per heavy atom. The van der Waals surface area contributed by atoms with Crippen LogP contribution in [0.4, 0.5) is 10.1 Å². The molecule has 0 aliphatic carbocycles.